The standard InChI is InChI=1S/C20H27N5O/c1-16-6-2-3-7-17(16)14-23-12-8-18(9-13-23)25-15-19(21-22-25)20(26)24-10-4-5-11-24/h2-3,6-7,15,18H,4-5,8-14H2,1H3. The quantitative estimate of drug-likeness (QED) is 0.848. The van der Waals surface area contributed by atoms with Crippen LogP contribution < -0.4 is 0 Å². The Morgan fingerprint density at radius 2 is 1.85 bits per heavy atom. The highest BCUT2D eigenvalue weighted by Gasteiger charge is 2.25. The van der Waals surface area contributed by atoms with Gasteiger partial charge >= 0.3 is 0 Å². The molecule has 2 saturated heterocycles. The van der Waals surface area contributed by atoms with Crippen LogP contribution in [-0.2, 0) is 6.54 Å². The van der Waals surface area contributed by atoms with Crippen LogP contribution >= 0.6 is 0 Å². The van der Waals surface area contributed by atoms with Gasteiger partial charge in [-0.05, 0) is 43.7 Å². The monoisotopic (exact) mass is 353 g/mol. The van der Waals surface area contributed by atoms with E-state index in [1.807, 2.05) is 15.8 Å². The van der Waals surface area contributed by atoms with Crippen LogP contribution in [0.25, 0.3) is 0 Å². The van der Waals surface area contributed by atoms with Crippen LogP contribution in [0, 0.1) is 6.92 Å². The van der Waals surface area contributed by atoms with Gasteiger partial charge in [-0.2, -0.15) is 0 Å². The maximum atomic E-state index is 12.4. The molecule has 1 aromatic carbocycles. The van der Waals surface area contributed by atoms with Crippen LogP contribution in [0.2, 0.25) is 0 Å². The van der Waals surface area contributed by atoms with Crippen LogP contribution in [0.4, 0.5) is 0 Å². The van der Waals surface area contributed by atoms with Gasteiger partial charge in [0.1, 0.15) is 0 Å². The Labute approximate surface area is 154 Å². The third kappa shape index (κ3) is 3.65. The van der Waals surface area contributed by atoms with Crippen molar-refractivity contribution in [1.82, 2.24) is 24.8 Å². The number of aryl methyl sites for hydroxylation is 1. The summed E-state index contributed by atoms with van der Waals surface area (Å²) in [5.74, 6) is 0.0331. The number of carbonyl (C=O) groups excluding carboxylic acids is 1. The molecule has 0 aliphatic carbocycles. The van der Waals surface area contributed by atoms with Crippen molar-refractivity contribution in [3.8, 4) is 0 Å². The van der Waals surface area contributed by atoms with Crippen molar-refractivity contribution in [3.63, 3.8) is 0 Å². The summed E-state index contributed by atoms with van der Waals surface area (Å²) in [5.41, 5.74) is 3.26. The normalized spacial score (nSPS) is 19.2. The van der Waals surface area contributed by atoms with Crippen molar-refractivity contribution >= 4 is 5.91 Å². The van der Waals surface area contributed by atoms with E-state index < -0.39 is 0 Å². The number of hydrogen-bond acceptors (Lipinski definition) is 4. The number of rotatable bonds is 4. The topological polar surface area (TPSA) is 54.3 Å². The highest BCUT2D eigenvalue weighted by atomic mass is 16.2. The van der Waals surface area contributed by atoms with Gasteiger partial charge in [-0.3, -0.25) is 9.69 Å². The molecule has 0 radical (unpaired) electrons. The maximum absolute atomic E-state index is 12.4. The SMILES string of the molecule is Cc1ccccc1CN1CCC(n2cc(C(=O)N3CCCC3)nn2)CC1. The molecule has 6 heteroatoms. The van der Waals surface area contributed by atoms with E-state index in [1.54, 1.807) is 0 Å². The van der Waals surface area contributed by atoms with E-state index in [9.17, 15) is 4.79 Å². The lowest BCUT2D eigenvalue weighted by atomic mass is 10.0. The van der Waals surface area contributed by atoms with Gasteiger partial charge in [0.15, 0.2) is 5.69 Å². The summed E-state index contributed by atoms with van der Waals surface area (Å²) in [6, 6.07) is 8.95. The third-order valence-corrected chi connectivity index (χ3v) is 5.71. The molecular weight excluding hydrogens is 326 g/mol. The van der Waals surface area contributed by atoms with Crippen LogP contribution in [0.1, 0.15) is 53.3 Å². The average molecular weight is 353 g/mol. The van der Waals surface area contributed by atoms with E-state index in [4.69, 9.17) is 0 Å². The Morgan fingerprint density at radius 1 is 1.12 bits per heavy atom. The molecule has 2 aromatic rings. The number of hydrogen-bond donors (Lipinski definition) is 0. The molecule has 0 spiro atoms. The second kappa shape index (κ2) is 7.58. The van der Waals surface area contributed by atoms with Gasteiger partial charge in [0.25, 0.3) is 5.91 Å². The fourth-order valence-corrected chi connectivity index (χ4v) is 4.01. The molecule has 0 atom stereocenters. The Balaban J connectivity index is 1.33. The van der Waals surface area contributed by atoms with E-state index in [-0.39, 0.29) is 5.91 Å². The summed E-state index contributed by atoms with van der Waals surface area (Å²) in [6.07, 6.45) is 6.14. The molecule has 0 bridgehead atoms. The van der Waals surface area contributed by atoms with Gasteiger partial charge in [-0.1, -0.05) is 29.5 Å². The minimum absolute atomic E-state index is 0.0331. The van der Waals surface area contributed by atoms with Crippen LogP contribution in [0.5, 0.6) is 0 Å². The molecule has 2 fully saturated rings. The molecular formula is C20H27N5O. The van der Waals surface area contributed by atoms with E-state index in [0.29, 0.717) is 11.7 Å². The lowest BCUT2D eigenvalue weighted by Crippen LogP contribution is -2.34. The Hall–Kier alpha value is -2.21. The van der Waals surface area contributed by atoms with Crippen molar-refractivity contribution in [3.05, 3.63) is 47.3 Å². The summed E-state index contributed by atoms with van der Waals surface area (Å²) >= 11 is 0. The molecule has 4 rings (SSSR count). The lowest BCUT2D eigenvalue weighted by Gasteiger charge is -2.32. The summed E-state index contributed by atoms with van der Waals surface area (Å²) < 4.78 is 1.91. The number of amides is 1. The van der Waals surface area contributed by atoms with Crippen molar-refractivity contribution in [2.45, 2.75) is 45.2 Å². The van der Waals surface area contributed by atoms with Gasteiger partial charge in [-0.25, -0.2) is 4.68 Å². The summed E-state index contributed by atoms with van der Waals surface area (Å²) in [4.78, 5) is 16.8. The number of benzene rings is 1. The Morgan fingerprint density at radius 3 is 2.58 bits per heavy atom. The lowest BCUT2D eigenvalue weighted by molar-refractivity contribution is 0.0787. The largest absolute Gasteiger partial charge is 0.337 e. The zero-order valence-electron chi connectivity index (χ0n) is 15.5. The molecule has 26 heavy (non-hydrogen) atoms. The van der Waals surface area contributed by atoms with Gasteiger partial charge < -0.3 is 4.90 Å². The molecule has 6 nitrogen and oxygen atoms in total. The van der Waals surface area contributed by atoms with Gasteiger partial charge in [0.05, 0.1) is 12.2 Å². The summed E-state index contributed by atoms with van der Waals surface area (Å²) in [7, 11) is 0. The van der Waals surface area contributed by atoms with Gasteiger partial charge in [-0.15, -0.1) is 5.10 Å². The average Bonchev–Trinajstić information content (AvgIpc) is 3.36. The van der Waals surface area contributed by atoms with Crippen LogP contribution in [0.15, 0.2) is 30.5 Å². The smallest absolute Gasteiger partial charge is 0.276 e. The van der Waals surface area contributed by atoms with Gasteiger partial charge in [0, 0.05) is 32.7 Å². The minimum atomic E-state index is 0.0331. The Bertz CT molecular complexity index is 757. The molecule has 0 unspecified atom stereocenters. The van der Waals surface area contributed by atoms with E-state index >= 15 is 0 Å². The molecule has 1 amide bonds. The number of piperidine rings is 1. The molecule has 2 aliphatic rings. The fourth-order valence-electron chi connectivity index (χ4n) is 4.01. The van der Waals surface area contributed by atoms with E-state index in [0.717, 1.165) is 58.4 Å². The predicted octanol–water partition coefficient (Wildman–Crippen LogP) is 2.66. The number of likely N-dealkylation sites (tertiary alicyclic amines) is 2. The minimum Gasteiger partial charge on any atom is -0.337 e. The number of aromatic nitrogens is 3. The van der Waals surface area contributed by atoms with Crippen LogP contribution in [-0.4, -0.2) is 56.9 Å². The predicted molar refractivity (Wildman–Crippen MR) is 99.9 cm³/mol. The summed E-state index contributed by atoms with van der Waals surface area (Å²) in [6.45, 7) is 6.99. The second-order valence-electron chi connectivity index (χ2n) is 7.52. The van der Waals surface area contributed by atoms with Crippen molar-refractivity contribution in [2.75, 3.05) is 26.2 Å². The highest BCUT2D eigenvalue weighted by Crippen LogP contribution is 2.24. The molecule has 138 valence electrons. The van der Waals surface area contributed by atoms with Crippen molar-refractivity contribution in [2.24, 2.45) is 0 Å². The van der Waals surface area contributed by atoms with Crippen molar-refractivity contribution < 1.29 is 4.79 Å². The maximum Gasteiger partial charge on any atom is 0.276 e. The van der Waals surface area contributed by atoms with Crippen molar-refractivity contribution in [1.29, 1.82) is 0 Å². The molecule has 3 heterocycles. The Kier molecular flexibility index (Phi) is 5.02. The first-order chi connectivity index (χ1) is 12.7. The van der Waals surface area contributed by atoms with E-state index in [2.05, 4.69) is 46.4 Å². The van der Waals surface area contributed by atoms with Gasteiger partial charge in [0.2, 0.25) is 0 Å². The fraction of sp³-hybridized carbons (Fsp3) is 0.550. The zero-order chi connectivity index (χ0) is 17.9. The molecule has 1 aromatic heterocycles. The first-order valence-corrected chi connectivity index (χ1v) is 9.68. The third-order valence-electron chi connectivity index (χ3n) is 5.71. The number of nitrogens with zero attached hydrogens (tertiary/aromatic N) is 5. The number of carbonyl (C=O) groups is 1. The zero-order valence-corrected chi connectivity index (χ0v) is 15.5. The van der Waals surface area contributed by atoms with Crippen LogP contribution in [0.3, 0.4) is 0 Å². The van der Waals surface area contributed by atoms with E-state index in [1.165, 1.54) is 11.1 Å². The molecule has 2 aliphatic heterocycles. The first kappa shape index (κ1) is 17.2. The molecule has 0 N–H and O–H groups in total. The highest BCUT2D eigenvalue weighted by molar-refractivity contribution is 5.92. The summed E-state index contributed by atoms with van der Waals surface area (Å²) in [5, 5.41) is 8.40. The molecule has 0 saturated carbocycles. The second-order valence-corrected chi connectivity index (χ2v) is 7.52. The first-order valence-electron chi connectivity index (χ1n) is 9.68.